The fourth-order valence-corrected chi connectivity index (χ4v) is 4.41. The summed E-state index contributed by atoms with van der Waals surface area (Å²) in [4.78, 5) is 14.3. The molecule has 0 bridgehead atoms. The molecule has 0 unspecified atom stereocenters. The van der Waals surface area contributed by atoms with Gasteiger partial charge < -0.3 is 24.3 Å². The smallest absolute Gasteiger partial charge is 0.371 e. The van der Waals surface area contributed by atoms with Gasteiger partial charge in [-0.1, -0.05) is 11.8 Å². The molecule has 1 aromatic heterocycles. The summed E-state index contributed by atoms with van der Waals surface area (Å²) in [6, 6.07) is 0. The number of imidazole rings is 1. The van der Waals surface area contributed by atoms with Crippen molar-refractivity contribution in [3.05, 3.63) is 16.3 Å². The molecule has 0 spiro atoms. The third kappa shape index (κ3) is 2.15. The van der Waals surface area contributed by atoms with Crippen LogP contribution in [-0.4, -0.2) is 50.4 Å². The molecule has 114 valence electrons. The number of nitro groups is 1. The van der Waals surface area contributed by atoms with Crippen molar-refractivity contribution in [3.8, 4) is 0 Å². The standard InChI is InChI=1S/C12H15N3O5S/c1-12(2)19-6-5-18-10(9(6)20-12)7-3-14-4-8(15(16)17)13-11(14)21-7/h4,6-7,9-10H,3,5H2,1-2H3/t6-,7-,9-,10-/m1/s1. The molecule has 3 aliphatic heterocycles. The van der Waals surface area contributed by atoms with Crippen molar-refractivity contribution in [3.63, 3.8) is 0 Å². The molecule has 4 heterocycles. The van der Waals surface area contributed by atoms with Crippen LogP contribution in [0.4, 0.5) is 5.82 Å². The monoisotopic (exact) mass is 313 g/mol. The van der Waals surface area contributed by atoms with Crippen LogP contribution < -0.4 is 0 Å². The number of hydrogen-bond acceptors (Lipinski definition) is 7. The lowest BCUT2D eigenvalue weighted by Gasteiger charge is -2.24. The molecule has 21 heavy (non-hydrogen) atoms. The summed E-state index contributed by atoms with van der Waals surface area (Å²) in [5.74, 6) is -0.685. The van der Waals surface area contributed by atoms with E-state index in [1.165, 1.54) is 18.0 Å². The summed E-state index contributed by atoms with van der Waals surface area (Å²) in [7, 11) is 0. The maximum absolute atomic E-state index is 10.7. The zero-order chi connectivity index (χ0) is 14.8. The topological polar surface area (TPSA) is 88.7 Å². The Labute approximate surface area is 124 Å². The molecule has 4 rings (SSSR count). The highest BCUT2D eigenvalue weighted by Crippen LogP contribution is 2.43. The summed E-state index contributed by atoms with van der Waals surface area (Å²) in [6.45, 7) is 4.97. The third-order valence-electron chi connectivity index (χ3n) is 3.91. The van der Waals surface area contributed by atoms with Gasteiger partial charge >= 0.3 is 5.82 Å². The molecule has 9 heteroatoms. The van der Waals surface area contributed by atoms with Crippen molar-refractivity contribution >= 4 is 17.6 Å². The third-order valence-corrected chi connectivity index (χ3v) is 5.17. The average Bonchev–Trinajstić information content (AvgIpc) is 3.04. The Morgan fingerprint density at radius 3 is 3.00 bits per heavy atom. The summed E-state index contributed by atoms with van der Waals surface area (Å²) in [5.41, 5.74) is 0. The Morgan fingerprint density at radius 2 is 2.29 bits per heavy atom. The highest BCUT2D eigenvalue weighted by Gasteiger charge is 2.54. The van der Waals surface area contributed by atoms with E-state index in [9.17, 15) is 10.1 Å². The molecule has 0 radical (unpaired) electrons. The zero-order valence-corrected chi connectivity index (χ0v) is 12.4. The van der Waals surface area contributed by atoms with Crippen molar-refractivity contribution in [2.24, 2.45) is 0 Å². The van der Waals surface area contributed by atoms with E-state index in [1.54, 1.807) is 0 Å². The predicted octanol–water partition coefficient (Wildman–Crippen LogP) is 1.18. The molecule has 2 fully saturated rings. The number of thioether (sulfide) groups is 1. The van der Waals surface area contributed by atoms with Gasteiger partial charge in [-0.3, -0.25) is 4.57 Å². The second-order valence-electron chi connectivity index (χ2n) is 5.88. The first-order valence-electron chi connectivity index (χ1n) is 6.78. The molecule has 0 saturated carbocycles. The van der Waals surface area contributed by atoms with Gasteiger partial charge in [-0.25, -0.2) is 0 Å². The molecule has 8 nitrogen and oxygen atoms in total. The summed E-state index contributed by atoms with van der Waals surface area (Å²) < 4.78 is 19.4. The summed E-state index contributed by atoms with van der Waals surface area (Å²) >= 11 is 1.51. The Kier molecular flexibility index (Phi) is 2.84. The fourth-order valence-electron chi connectivity index (χ4n) is 3.13. The average molecular weight is 313 g/mol. The lowest BCUT2D eigenvalue weighted by molar-refractivity contribution is -0.389. The van der Waals surface area contributed by atoms with E-state index in [-0.39, 0.29) is 29.4 Å². The van der Waals surface area contributed by atoms with Gasteiger partial charge in [-0.05, 0) is 23.8 Å². The van der Waals surface area contributed by atoms with E-state index < -0.39 is 10.7 Å². The maximum atomic E-state index is 10.7. The van der Waals surface area contributed by atoms with Gasteiger partial charge in [0, 0.05) is 6.54 Å². The number of rotatable bonds is 2. The second-order valence-corrected chi connectivity index (χ2v) is 7.09. The van der Waals surface area contributed by atoms with Crippen molar-refractivity contribution in [1.82, 2.24) is 9.55 Å². The van der Waals surface area contributed by atoms with Gasteiger partial charge in [0.05, 0.1) is 11.9 Å². The van der Waals surface area contributed by atoms with Crippen LogP contribution in [0.5, 0.6) is 0 Å². The zero-order valence-electron chi connectivity index (χ0n) is 11.6. The number of aromatic nitrogens is 2. The van der Waals surface area contributed by atoms with E-state index in [1.807, 2.05) is 18.4 Å². The van der Waals surface area contributed by atoms with Gasteiger partial charge in [0.1, 0.15) is 24.5 Å². The van der Waals surface area contributed by atoms with Crippen LogP contribution in [0.1, 0.15) is 13.8 Å². The number of fused-ring (bicyclic) bond motifs is 2. The van der Waals surface area contributed by atoms with Crippen molar-refractivity contribution < 1.29 is 19.1 Å². The lowest BCUT2D eigenvalue weighted by Crippen LogP contribution is -2.37. The Hall–Kier alpha value is -1.16. The summed E-state index contributed by atoms with van der Waals surface area (Å²) in [5, 5.41) is 11.5. The number of hydrogen-bond donors (Lipinski definition) is 0. The van der Waals surface area contributed by atoms with Crippen LogP contribution in [-0.2, 0) is 20.8 Å². The SMILES string of the molecule is CC1(C)O[C@H]2[C@@H]([C@H]3Cn4cc([N+](=O)[O-])nc4S3)OC[C@H]2O1. The molecule has 0 aliphatic carbocycles. The van der Waals surface area contributed by atoms with Crippen molar-refractivity contribution in [1.29, 1.82) is 0 Å². The van der Waals surface area contributed by atoms with Gasteiger partial charge in [0.15, 0.2) is 5.79 Å². The highest BCUT2D eigenvalue weighted by molar-refractivity contribution is 8.00. The Bertz CT molecular complexity index is 580. The number of ether oxygens (including phenoxy) is 3. The molecular formula is C12H15N3O5S. The maximum Gasteiger partial charge on any atom is 0.382 e. The van der Waals surface area contributed by atoms with Gasteiger partial charge in [0.2, 0.25) is 0 Å². The van der Waals surface area contributed by atoms with Crippen LogP contribution in [0.15, 0.2) is 11.4 Å². The normalized spacial score (nSPS) is 36.7. The number of nitrogens with zero attached hydrogens (tertiary/aromatic N) is 3. The minimum Gasteiger partial charge on any atom is -0.371 e. The van der Waals surface area contributed by atoms with E-state index in [4.69, 9.17) is 14.2 Å². The van der Waals surface area contributed by atoms with E-state index in [0.717, 1.165) is 0 Å². The lowest BCUT2D eigenvalue weighted by atomic mass is 10.1. The van der Waals surface area contributed by atoms with Crippen LogP contribution in [0, 0.1) is 10.1 Å². The Balaban J connectivity index is 1.50. The quantitative estimate of drug-likeness (QED) is 0.598. The van der Waals surface area contributed by atoms with Crippen LogP contribution >= 0.6 is 11.8 Å². The molecule has 3 aliphatic rings. The van der Waals surface area contributed by atoms with Gasteiger partial charge in [0.25, 0.3) is 5.16 Å². The van der Waals surface area contributed by atoms with Crippen LogP contribution in [0.2, 0.25) is 0 Å². The minimum atomic E-state index is -0.576. The molecule has 4 atom stereocenters. The molecule has 0 aromatic carbocycles. The van der Waals surface area contributed by atoms with E-state index in [0.29, 0.717) is 18.3 Å². The van der Waals surface area contributed by atoms with Gasteiger partial charge in [-0.2, -0.15) is 0 Å². The van der Waals surface area contributed by atoms with Gasteiger partial charge in [-0.15, -0.1) is 0 Å². The Morgan fingerprint density at radius 1 is 1.48 bits per heavy atom. The first-order valence-corrected chi connectivity index (χ1v) is 7.66. The fraction of sp³-hybridized carbons (Fsp3) is 0.750. The van der Waals surface area contributed by atoms with E-state index >= 15 is 0 Å². The van der Waals surface area contributed by atoms with Crippen molar-refractivity contribution in [2.45, 2.75) is 54.9 Å². The first kappa shape index (κ1) is 13.5. The predicted molar refractivity (Wildman–Crippen MR) is 72.1 cm³/mol. The second kappa shape index (κ2) is 4.42. The van der Waals surface area contributed by atoms with Crippen molar-refractivity contribution in [2.75, 3.05) is 6.61 Å². The first-order chi connectivity index (χ1) is 9.93. The molecule has 0 N–H and O–H groups in total. The minimum absolute atomic E-state index is 0.0344. The summed E-state index contributed by atoms with van der Waals surface area (Å²) in [6.07, 6.45) is 1.28. The highest BCUT2D eigenvalue weighted by atomic mass is 32.2. The van der Waals surface area contributed by atoms with Crippen LogP contribution in [0.25, 0.3) is 0 Å². The van der Waals surface area contributed by atoms with Crippen LogP contribution in [0.3, 0.4) is 0 Å². The molecule has 0 amide bonds. The largest absolute Gasteiger partial charge is 0.382 e. The molecule has 1 aromatic rings. The molecular weight excluding hydrogens is 298 g/mol. The molecule has 2 saturated heterocycles. The van der Waals surface area contributed by atoms with E-state index in [2.05, 4.69) is 4.98 Å².